The molecule has 0 aliphatic heterocycles. The molecular formula is C11H11F5N2O3. The standard InChI is InChI=1S/C11H11F5N2O3/c1-20-9(19)3-5-6(10(12)13)2-8(18-7(5)4-17)21-11(14,15)16/h2,10H,3-4,17H2,1H3. The molecule has 0 radical (unpaired) electrons. The first kappa shape index (κ1) is 17.1. The minimum absolute atomic E-state index is 0.270. The van der Waals surface area contributed by atoms with E-state index in [1.165, 1.54) is 0 Å². The van der Waals surface area contributed by atoms with E-state index < -0.39 is 43.2 Å². The van der Waals surface area contributed by atoms with Crippen molar-refractivity contribution < 1.29 is 36.2 Å². The Balaban J connectivity index is 3.32. The van der Waals surface area contributed by atoms with Gasteiger partial charge in [0.2, 0.25) is 5.88 Å². The van der Waals surface area contributed by atoms with Gasteiger partial charge in [0.15, 0.2) is 0 Å². The van der Waals surface area contributed by atoms with Crippen LogP contribution < -0.4 is 10.5 Å². The highest BCUT2D eigenvalue weighted by molar-refractivity contribution is 5.73. The van der Waals surface area contributed by atoms with Crippen LogP contribution in [0.5, 0.6) is 5.88 Å². The summed E-state index contributed by atoms with van der Waals surface area (Å²) in [6, 6.07) is 0.426. The Morgan fingerprint density at radius 2 is 2.05 bits per heavy atom. The lowest BCUT2D eigenvalue weighted by Gasteiger charge is -2.15. The first-order valence-corrected chi connectivity index (χ1v) is 5.51. The van der Waals surface area contributed by atoms with Crippen LogP contribution in [-0.2, 0) is 22.5 Å². The molecule has 2 N–H and O–H groups in total. The number of carbonyl (C=O) groups is 1. The number of carbonyl (C=O) groups excluding carboxylic acids is 1. The van der Waals surface area contributed by atoms with Gasteiger partial charge in [0, 0.05) is 18.2 Å². The molecule has 1 aromatic heterocycles. The van der Waals surface area contributed by atoms with Gasteiger partial charge in [0.25, 0.3) is 6.43 Å². The number of pyridine rings is 1. The van der Waals surface area contributed by atoms with E-state index in [0.717, 1.165) is 7.11 Å². The smallest absolute Gasteiger partial charge is 0.469 e. The first-order chi connectivity index (χ1) is 9.67. The summed E-state index contributed by atoms with van der Waals surface area (Å²) >= 11 is 0. The Morgan fingerprint density at radius 3 is 2.48 bits per heavy atom. The van der Waals surface area contributed by atoms with Crippen molar-refractivity contribution in [3.63, 3.8) is 0 Å². The number of ether oxygens (including phenoxy) is 2. The molecule has 21 heavy (non-hydrogen) atoms. The van der Waals surface area contributed by atoms with Crippen LogP contribution in [0.2, 0.25) is 0 Å². The number of aromatic nitrogens is 1. The van der Waals surface area contributed by atoms with Crippen LogP contribution in [0.4, 0.5) is 22.0 Å². The van der Waals surface area contributed by atoms with Crippen molar-refractivity contribution in [3.05, 3.63) is 22.9 Å². The lowest BCUT2D eigenvalue weighted by Crippen LogP contribution is -2.20. The third-order valence-electron chi connectivity index (χ3n) is 2.42. The number of alkyl halides is 5. The van der Waals surface area contributed by atoms with Crippen LogP contribution in [-0.4, -0.2) is 24.4 Å². The summed E-state index contributed by atoms with van der Waals surface area (Å²) in [6.07, 6.45) is -8.79. The molecule has 1 heterocycles. The largest absolute Gasteiger partial charge is 0.574 e. The maximum Gasteiger partial charge on any atom is 0.574 e. The average Bonchev–Trinajstić information content (AvgIpc) is 2.37. The van der Waals surface area contributed by atoms with Gasteiger partial charge in [-0.2, -0.15) is 0 Å². The van der Waals surface area contributed by atoms with E-state index in [1.807, 2.05) is 0 Å². The average molecular weight is 314 g/mol. The predicted octanol–water partition coefficient (Wildman–Crippen LogP) is 2.09. The number of hydrogen-bond donors (Lipinski definition) is 1. The molecule has 5 nitrogen and oxygen atoms in total. The molecule has 0 atom stereocenters. The molecule has 0 aliphatic rings. The molecule has 0 aliphatic carbocycles. The Bertz CT molecular complexity index is 519. The molecule has 118 valence electrons. The molecule has 0 saturated heterocycles. The molecular weight excluding hydrogens is 303 g/mol. The highest BCUT2D eigenvalue weighted by atomic mass is 19.4. The molecule has 10 heteroatoms. The topological polar surface area (TPSA) is 74.4 Å². The highest BCUT2D eigenvalue weighted by Gasteiger charge is 2.33. The molecule has 1 aromatic rings. The molecule has 0 spiro atoms. The lowest BCUT2D eigenvalue weighted by atomic mass is 10.0. The lowest BCUT2D eigenvalue weighted by molar-refractivity contribution is -0.276. The minimum atomic E-state index is -5.08. The second kappa shape index (κ2) is 6.66. The Hall–Kier alpha value is -1.97. The Labute approximate surface area is 115 Å². The van der Waals surface area contributed by atoms with Crippen molar-refractivity contribution in [3.8, 4) is 5.88 Å². The third-order valence-corrected chi connectivity index (χ3v) is 2.42. The monoisotopic (exact) mass is 314 g/mol. The van der Waals surface area contributed by atoms with Crippen molar-refractivity contribution in [1.29, 1.82) is 0 Å². The van der Waals surface area contributed by atoms with Gasteiger partial charge >= 0.3 is 12.3 Å². The molecule has 1 rings (SSSR count). The third kappa shape index (κ3) is 4.81. The Kier molecular flexibility index (Phi) is 5.41. The van der Waals surface area contributed by atoms with Crippen molar-refractivity contribution in [2.75, 3.05) is 7.11 Å². The number of nitrogens with two attached hydrogens (primary N) is 1. The van der Waals surface area contributed by atoms with Crippen LogP contribution in [0.3, 0.4) is 0 Å². The van der Waals surface area contributed by atoms with Gasteiger partial charge in [0.1, 0.15) is 0 Å². The van der Waals surface area contributed by atoms with Crippen molar-refractivity contribution >= 4 is 5.97 Å². The zero-order chi connectivity index (χ0) is 16.2. The molecule has 0 bridgehead atoms. The maximum atomic E-state index is 13.0. The number of halogens is 5. The van der Waals surface area contributed by atoms with Gasteiger partial charge in [-0.25, -0.2) is 13.8 Å². The molecule has 0 unspecified atom stereocenters. The summed E-state index contributed by atoms with van der Waals surface area (Å²) in [5, 5.41) is 0. The van der Waals surface area contributed by atoms with E-state index >= 15 is 0 Å². The van der Waals surface area contributed by atoms with E-state index in [9.17, 15) is 26.7 Å². The summed E-state index contributed by atoms with van der Waals surface area (Å²) in [5.74, 6) is -1.91. The van der Waals surface area contributed by atoms with Crippen LogP contribution in [0.15, 0.2) is 6.07 Å². The predicted molar refractivity (Wildman–Crippen MR) is 59.5 cm³/mol. The maximum absolute atomic E-state index is 13.0. The fraction of sp³-hybridized carbons (Fsp3) is 0.455. The quantitative estimate of drug-likeness (QED) is 0.665. The number of nitrogens with zero attached hydrogens (tertiary/aromatic N) is 1. The molecule has 0 amide bonds. The van der Waals surface area contributed by atoms with Crippen LogP contribution in [0.1, 0.15) is 23.2 Å². The van der Waals surface area contributed by atoms with Crippen molar-refractivity contribution in [1.82, 2.24) is 4.98 Å². The summed E-state index contributed by atoms with van der Waals surface area (Å²) in [6.45, 7) is -0.443. The van der Waals surface area contributed by atoms with Crippen molar-refractivity contribution in [2.45, 2.75) is 25.8 Å². The van der Waals surface area contributed by atoms with E-state index in [-0.39, 0.29) is 11.3 Å². The van der Waals surface area contributed by atoms with E-state index in [1.54, 1.807) is 0 Å². The number of hydrogen-bond acceptors (Lipinski definition) is 5. The van der Waals surface area contributed by atoms with Crippen molar-refractivity contribution in [2.24, 2.45) is 5.73 Å². The number of methoxy groups -OCH3 is 1. The van der Waals surface area contributed by atoms with Gasteiger partial charge < -0.3 is 15.2 Å². The fourth-order valence-electron chi connectivity index (χ4n) is 1.57. The normalized spacial score (nSPS) is 11.6. The SMILES string of the molecule is COC(=O)Cc1c(C(F)F)cc(OC(F)(F)F)nc1CN. The molecule has 0 fully saturated rings. The number of rotatable bonds is 5. The Morgan fingerprint density at radius 1 is 1.43 bits per heavy atom. The van der Waals surface area contributed by atoms with Crippen LogP contribution in [0.25, 0.3) is 0 Å². The molecule has 0 aromatic carbocycles. The summed E-state index contributed by atoms with van der Waals surface area (Å²) in [4.78, 5) is 14.6. The van der Waals surface area contributed by atoms with Crippen LogP contribution in [0, 0.1) is 0 Å². The van der Waals surface area contributed by atoms with Crippen LogP contribution >= 0.6 is 0 Å². The second-order valence-corrected chi connectivity index (χ2v) is 3.78. The van der Waals surface area contributed by atoms with E-state index in [4.69, 9.17) is 5.73 Å². The number of esters is 1. The van der Waals surface area contributed by atoms with E-state index in [0.29, 0.717) is 6.07 Å². The minimum Gasteiger partial charge on any atom is -0.469 e. The summed E-state index contributed by atoms with van der Waals surface area (Å²) in [7, 11) is 1.04. The van der Waals surface area contributed by atoms with E-state index in [2.05, 4.69) is 14.5 Å². The van der Waals surface area contributed by atoms with Gasteiger partial charge in [-0.3, -0.25) is 4.79 Å². The second-order valence-electron chi connectivity index (χ2n) is 3.78. The highest BCUT2D eigenvalue weighted by Crippen LogP contribution is 2.31. The van der Waals surface area contributed by atoms with Gasteiger partial charge in [-0.05, 0) is 5.56 Å². The summed E-state index contributed by atoms with van der Waals surface area (Å²) in [5.41, 5.74) is 3.90. The zero-order valence-corrected chi connectivity index (χ0v) is 10.7. The zero-order valence-electron chi connectivity index (χ0n) is 10.7. The molecule has 0 saturated carbocycles. The van der Waals surface area contributed by atoms with Gasteiger partial charge in [0.05, 0.1) is 19.2 Å². The fourth-order valence-corrected chi connectivity index (χ4v) is 1.57. The van der Waals surface area contributed by atoms with Gasteiger partial charge in [-0.1, -0.05) is 0 Å². The van der Waals surface area contributed by atoms with Gasteiger partial charge in [-0.15, -0.1) is 13.2 Å². The summed E-state index contributed by atoms with van der Waals surface area (Å²) < 4.78 is 70.1. The first-order valence-electron chi connectivity index (χ1n) is 5.51.